The molecule has 6 heteroatoms. The molecule has 0 aromatic heterocycles. The SMILES string of the molecule is CC1Sc2ccc(NCC(N)CN)cc2NC1=O. The van der Waals surface area contributed by atoms with Crippen LogP contribution in [0.5, 0.6) is 0 Å². The molecule has 6 N–H and O–H groups in total. The smallest absolute Gasteiger partial charge is 0.237 e. The van der Waals surface area contributed by atoms with Crippen molar-refractivity contribution in [2.75, 3.05) is 23.7 Å². The number of carbonyl (C=O) groups excluding carboxylic acids is 1. The van der Waals surface area contributed by atoms with Crippen LogP contribution in [0.2, 0.25) is 0 Å². The molecule has 1 aliphatic heterocycles. The van der Waals surface area contributed by atoms with E-state index in [1.165, 1.54) is 0 Å². The molecule has 98 valence electrons. The Hall–Kier alpha value is -1.24. The first-order valence-corrected chi connectivity index (χ1v) is 6.79. The molecule has 0 aliphatic carbocycles. The van der Waals surface area contributed by atoms with E-state index in [0.717, 1.165) is 16.3 Å². The van der Waals surface area contributed by atoms with Crippen LogP contribution in [-0.4, -0.2) is 30.3 Å². The third-order valence-electron chi connectivity index (χ3n) is 2.78. The van der Waals surface area contributed by atoms with Crippen LogP contribution in [0.15, 0.2) is 23.1 Å². The summed E-state index contributed by atoms with van der Waals surface area (Å²) in [5.41, 5.74) is 13.0. The average molecular weight is 266 g/mol. The number of fused-ring (bicyclic) bond motifs is 1. The minimum absolute atomic E-state index is 0.0398. The molecule has 1 heterocycles. The Kier molecular flexibility index (Phi) is 4.11. The molecular weight excluding hydrogens is 248 g/mol. The first kappa shape index (κ1) is 13.2. The number of thioether (sulfide) groups is 1. The molecule has 0 fully saturated rings. The number of hydrogen-bond acceptors (Lipinski definition) is 5. The van der Waals surface area contributed by atoms with Crippen molar-refractivity contribution >= 4 is 29.0 Å². The topological polar surface area (TPSA) is 93.2 Å². The number of anilines is 2. The van der Waals surface area contributed by atoms with Gasteiger partial charge in [-0.25, -0.2) is 0 Å². The minimum Gasteiger partial charge on any atom is -0.383 e. The van der Waals surface area contributed by atoms with Crippen LogP contribution in [0.3, 0.4) is 0 Å². The van der Waals surface area contributed by atoms with Gasteiger partial charge in [0.15, 0.2) is 0 Å². The molecule has 0 bridgehead atoms. The van der Waals surface area contributed by atoms with E-state index in [1.54, 1.807) is 11.8 Å². The van der Waals surface area contributed by atoms with Crippen molar-refractivity contribution in [1.29, 1.82) is 0 Å². The van der Waals surface area contributed by atoms with E-state index < -0.39 is 0 Å². The summed E-state index contributed by atoms with van der Waals surface area (Å²) in [5, 5.41) is 6.06. The summed E-state index contributed by atoms with van der Waals surface area (Å²) in [6.45, 7) is 2.96. The number of rotatable bonds is 4. The average Bonchev–Trinajstić information content (AvgIpc) is 2.37. The van der Waals surface area contributed by atoms with E-state index >= 15 is 0 Å². The molecule has 0 saturated carbocycles. The van der Waals surface area contributed by atoms with E-state index in [9.17, 15) is 4.79 Å². The van der Waals surface area contributed by atoms with Gasteiger partial charge in [-0.3, -0.25) is 4.79 Å². The van der Waals surface area contributed by atoms with Gasteiger partial charge in [-0.05, 0) is 25.1 Å². The van der Waals surface area contributed by atoms with Crippen LogP contribution in [-0.2, 0) is 4.79 Å². The Morgan fingerprint density at radius 1 is 1.56 bits per heavy atom. The maximum absolute atomic E-state index is 11.6. The van der Waals surface area contributed by atoms with Gasteiger partial charge in [-0.1, -0.05) is 0 Å². The fraction of sp³-hybridized carbons (Fsp3) is 0.417. The van der Waals surface area contributed by atoms with Gasteiger partial charge in [0.25, 0.3) is 0 Å². The summed E-state index contributed by atoms with van der Waals surface area (Å²) < 4.78 is 0. The van der Waals surface area contributed by atoms with Crippen LogP contribution in [0.4, 0.5) is 11.4 Å². The Bertz CT molecular complexity index is 452. The standard InChI is InChI=1S/C12H18N4OS/c1-7-12(17)16-10-4-9(2-3-11(10)18-7)15-6-8(14)5-13/h2-4,7-8,15H,5-6,13-14H2,1H3,(H,16,17). The summed E-state index contributed by atoms with van der Waals surface area (Å²) in [5.74, 6) is 0.0447. The molecule has 5 nitrogen and oxygen atoms in total. The highest BCUT2D eigenvalue weighted by atomic mass is 32.2. The van der Waals surface area contributed by atoms with Crippen molar-refractivity contribution in [2.45, 2.75) is 23.1 Å². The molecule has 2 unspecified atom stereocenters. The van der Waals surface area contributed by atoms with E-state index in [2.05, 4.69) is 10.6 Å². The zero-order chi connectivity index (χ0) is 13.1. The first-order valence-electron chi connectivity index (χ1n) is 5.91. The number of carbonyl (C=O) groups is 1. The lowest BCUT2D eigenvalue weighted by atomic mass is 10.2. The van der Waals surface area contributed by atoms with Crippen LogP contribution < -0.4 is 22.1 Å². The van der Waals surface area contributed by atoms with E-state index in [1.807, 2.05) is 25.1 Å². The van der Waals surface area contributed by atoms with Crippen LogP contribution in [0.1, 0.15) is 6.92 Å². The lowest BCUT2D eigenvalue weighted by Crippen LogP contribution is -2.36. The minimum atomic E-state index is -0.0648. The van der Waals surface area contributed by atoms with Crippen molar-refractivity contribution < 1.29 is 4.79 Å². The molecule has 2 rings (SSSR count). The first-order chi connectivity index (χ1) is 8.60. The fourth-order valence-electron chi connectivity index (χ4n) is 1.65. The molecule has 1 amide bonds. The Labute approximate surface area is 111 Å². The van der Waals surface area contributed by atoms with Crippen LogP contribution >= 0.6 is 11.8 Å². The number of nitrogens with one attached hydrogen (secondary N) is 2. The molecular formula is C12H18N4OS. The van der Waals surface area contributed by atoms with Gasteiger partial charge in [0.1, 0.15) is 0 Å². The van der Waals surface area contributed by atoms with E-state index in [-0.39, 0.29) is 17.2 Å². The Morgan fingerprint density at radius 2 is 2.33 bits per heavy atom. The Balaban J connectivity index is 2.08. The molecule has 0 radical (unpaired) electrons. The number of nitrogens with two attached hydrogens (primary N) is 2. The summed E-state index contributed by atoms with van der Waals surface area (Å²) >= 11 is 1.57. The van der Waals surface area contributed by atoms with Crippen molar-refractivity contribution in [3.8, 4) is 0 Å². The second-order valence-corrected chi connectivity index (χ2v) is 5.72. The molecule has 1 aromatic carbocycles. The van der Waals surface area contributed by atoms with Crippen molar-refractivity contribution in [3.63, 3.8) is 0 Å². The summed E-state index contributed by atoms with van der Waals surface area (Å²) in [6, 6.07) is 5.85. The van der Waals surface area contributed by atoms with Gasteiger partial charge in [0.05, 0.1) is 10.9 Å². The Morgan fingerprint density at radius 3 is 3.06 bits per heavy atom. The van der Waals surface area contributed by atoms with Gasteiger partial charge in [0.2, 0.25) is 5.91 Å². The predicted molar refractivity (Wildman–Crippen MR) is 75.9 cm³/mol. The predicted octanol–water partition coefficient (Wildman–Crippen LogP) is 0.817. The quantitative estimate of drug-likeness (QED) is 0.647. The summed E-state index contributed by atoms with van der Waals surface area (Å²) in [7, 11) is 0. The summed E-state index contributed by atoms with van der Waals surface area (Å²) in [6.07, 6.45) is 0. The second kappa shape index (κ2) is 5.60. The monoisotopic (exact) mass is 266 g/mol. The van der Waals surface area contributed by atoms with Gasteiger partial charge in [-0.15, -0.1) is 11.8 Å². The fourth-order valence-corrected chi connectivity index (χ4v) is 2.58. The zero-order valence-electron chi connectivity index (χ0n) is 10.3. The molecule has 18 heavy (non-hydrogen) atoms. The van der Waals surface area contributed by atoms with Crippen LogP contribution in [0.25, 0.3) is 0 Å². The molecule has 0 spiro atoms. The van der Waals surface area contributed by atoms with Crippen molar-refractivity contribution in [2.24, 2.45) is 11.5 Å². The van der Waals surface area contributed by atoms with E-state index in [0.29, 0.717) is 13.1 Å². The maximum Gasteiger partial charge on any atom is 0.237 e. The largest absolute Gasteiger partial charge is 0.383 e. The second-order valence-electron chi connectivity index (χ2n) is 4.34. The third-order valence-corrected chi connectivity index (χ3v) is 3.96. The van der Waals surface area contributed by atoms with Gasteiger partial charge >= 0.3 is 0 Å². The van der Waals surface area contributed by atoms with Gasteiger partial charge < -0.3 is 22.1 Å². The third kappa shape index (κ3) is 2.95. The van der Waals surface area contributed by atoms with Crippen molar-refractivity contribution in [1.82, 2.24) is 0 Å². The zero-order valence-corrected chi connectivity index (χ0v) is 11.1. The van der Waals surface area contributed by atoms with Crippen molar-refractivity contribution in [3.05, 3.63) is 18.2 Å². The highest BCUT2D eigenvalue weighted by molar-refractivity contribution is 8.00. The van der Waals surface area contributed by atoms with E-state index in [4.69, 9.17) is 11.5 Å². The summed E-state index contributed by atoms with van der Waals surface area (Å²) in [4.78, 5) is 12.7. The van der Waals surface area contributed by atoms with Gasteiger partial charge in [-0.2, -0.15) is 0 Å². The van der Waals surface area contributed by atoms with Crippen LogP contribution in [0, 0.1) is 0 Å². The lowest BCUT2D eigenvalue weighted by Gasteiger charge is -2.22. The molecule has 0 saturated heterocycles. The highest BCUT2D eigenvalue weighted by Crippen LogP contribution is 2.36. The molecule has 1 aromatic rings. The molecule has 2 atom stereocenters. The number of amides is 1. The lowest BCUT2D eigenvalue weighted by molar-refractivity contribution is -0.115. The highest BCUT2D eigenvalue weighted by Gasteiger charge is 2.22. The number of benzene rings is 1. The maximum atomic E-state index is 11.6. The van der Waals surface area contributed by atoms with Gasteiger partial charge in [0, 0.05) is 29.7 Å². The molecule has 1 aliphatic rings. The normalized spacial score (nSPS) is 19.9. The number of hydrogen-bond donors (Lipinski definition) is 4.